The Hall–Kier alpha value is -2.53. The minimum absolute atomic E-state index is 0.00276. The standard InChI is InChI=1S/C19H24N2O3/c1-23-17-7-3-15(4-8-17)11-12-21-19(22)14-20-13-16-5-9-18(24-2)10-6-16/h3-10,20H,11-14H2,1-2H3,(H,21,22). The summed E-state index contributed by atoms with van der Waals surface area (Å²) in [4.78, 5) is 11.8. The number of methoxy groups -OCH3 is 2. The average Bonchev–Trinajstić information content (AvgIpc) is 2.63. The fourth-order valence-electron chi connectivity index (χ4n) is 2.26. The largest absolute Gasteiger partial charge is 0.497 e. The van der Waals surface area contributed by atoms with E-state index < -0.39 is 0 Å². The fraction of sp³-hybridized carbons (Fsp3) is 0.316. The third-order valence-corrected chi connectivity index (χ3v) is 3.67. The molecule has 0 aliphatic heterocycles. The summed E-state index contributed by atoms with van der Waals surface area (Å²) in [6.07, 6.45) is 0.800. The van der Waals surface area contributed by atoms with E-state index >= 15 is 0 Å². The Balaban J connectivity index is 1.62. The molecular weight excluding hydrogens is 304 g/mol. The van der Waals surface area contributed by atoms with Crippen LogP contribution in [0.25, 0.3) is 0 Å². The van der Waals surface area contributed by atoms with Crippen LogP contribution in [0.3, 0.4) is 0 Å². The molecule has 0 saturated carbocycles. The van der Waals surface area contributed by atoms with Gasteiger partial charge in [0, 0.05) is 13.1 Å². The van der Waals surface area contributed by atoms with Crippen molar-refractivity contribution in [3.8, 4) is 11.5 Å². The molecule has 0 saturated heterocycles. The second-order valence-corrected chi connectivity index (χ2v) is 5.40. The molecule has 0 aliphatic carbocycles. The molecule has 2 N–H and O–H groups in total. The molecule has 128 valence electrons. The second kappa shape index (κ2) is 9.57. The number of hydrogen-bond acceptors (Lipinski definition) is 4. The second-order valence-electron chi connectivity index (χ2n) is 5.40. The van der Waals surface area contributed by atoms with Crippen molar-refractivity contribution in [1.82, 2.24) is 10.6 Å². The van der Waals surface area contributed by atoms with E-state index in [1.54, 1.807) is 14.2 Å². The Bertz CT molecular complexity index is 569. The van der Waals surface area contributed by atoms with Crippen LogP contribution in [-0.2, 0) is 17.8 Å². The molecule has 0 bridgehead atoms. The number of amides is 1. The maximum atomic E-state index is 11.8. The smallest absolute Gasteiger partial charge is 0.233 e. The van der Waals surface area contributed by atoms with E-state index in [9.17, 15) is 4.79 Å². The normalized spacial score (nSPS) is 10.2. The summed E-state index contributed by atoms with van der Waals surface area (Å²) in [7, 11) is 3.29. The number of ether oxygens (including phenoxy) is 2. The molecule has 0 atom stereocenters. The summed E-state index contributed by atoms with van der Waals surface area (Å²) in [5.74, 6) is 1.66. The van der Waals surface area contributed by atoms with Crippen LogP contribution in [0.2, 0.25) is 0 Å². The van der Waals surface area contributed by atoms with Gasteiger partial charge in [-0.3, -0.25) is 4.79 Å². The van der Waals surface area contributed by atoms with Gasteiger partial charge in [0.1, 0.15) is 11.5 Å². The summed E-state index contributed by atoms with van der Waals surface area (Å²) in [6, 6.07) is 15.6. The Labute approximate surface area is 143 Å². The van der Waals surface area contributed by atoms with Crippen molar-refractivity contribution in [2.75, 3.05) is 27.3 Å². The summed E-state index contributed by atoms with van der Waals surface area (Å²) < 4.78 is 10.2. The monoisotopic (exact) mass is 328 g/mol. The van der Waals surface area contributed by atoms with Crippen molar-refractivity contribution in [1.29, 1.82) is 0 Å². The molecule has 0 radical (unpaired) electrons. The number of carbonyl (C=O) groups is 1. The van der Waals surface area contributed by atoms with Crippen molar-refractivity contribution >= 4 is 5.91 Å². The zero-order valence-electron chi connectivity index (χ0n) is 14.2. The molecule has 2 aromatic rings. The first-order valence-corrected chi connectivity index (χ1v) is 7.94. The summed E-state index contributed by atoms with van der Waals surface area (Å²) in [6.45, 7) is 1.57. The maximum Gasteiger partial charge on any atom is 0.233 e. The van der Waals surface area contributed by atoms with Gasteiger partial charge in [-0.15, -0.1) is 0 Å². The quantitative estimate of drug-likeness (QED) is 0.740. The number of rotatable bonds is 9. The van der Waals surface area contributed by atoms with E-state index in [0.29, 0.717) is 19.6 Å². The third kappa shape index (κ3) is 5.93. The predicted octanol–water partition coefficient (Wildman–Crippen LogP) is 2.15. The molecule has 0 heterocycles. The van der Waals surface area contributed by atoms with Crippen molar-refractivity contribution in [3.63, 3.8) is 0 Å². The van der Waals surface area contributed by atoms with Gasteiger partial charge >= 0.3 is 0 Å². The lowest BCUT2D eigenvalue weighted by molar-refractivity contribution is -0.120. The number of hydrogen-bond donors (Lipinski definition) is 2. The molecule has 0 unspecified atom stereocenters. The van der Waals surface area contributed by atoms with Gasteiger partial charge in [-0.2, -0.15) is 0 Å². The lowest BCUT2D eigenvalue weighted by Gasteiger charge is -2.08. The van der Waals surface area contributed by atoms with Crippen LogP contribution in [0.4, 0.5) is 0 Å². The first kappa shape index (κ1) is 17.8. The van der Waals surface area contributed by atoms with Crippen LogP contribution in [-0.4, -0.2) is 33.2 Å². The molecule has 0 aliphatic rings. The van der Waals surface area contributed by atoms with E-state index in [1.165, 1.54) is 5.56 Å². The van der Waals surface area contributed by atoms with E-state index in [2.05, 4.69) is 10.6 Å². The van der Waals surface area contributed by atoms with Gasteiger partial charge in [0.2, 0.25) is 5.91 Å². The molecule has 2 rings (SSSR count). The van der Waals surface area contributed by atoms with Gasteiger partial charge in [0.05, 0.1) is 20.8 Å². The number of carbonyl (C=O) groups excluding carboxylic acids is 1. The van der Waals surface area contributed by atoms with Crippen LogP contribution in [0.1, 0.15) is 11.1 Å². The van der Waals surface area contributed by atoms with Gasteiger partial charge in [0.15, 0.2) is 0 Å². The van der Waals surface area contributed by atoms with E-state index in [1.807, 2.05) is 48.5 Å². The van der Waals surface area contributed by atoms with Gasteiger partial charge in [0.25, 0.3) is 0 Å². The van der Waals surface area contributed by atoms with E-state index in [-0.39, 0.29) is 5.91 Å². The zero-order valence-corrected chi connectivity index (χ0v) is 14.2. The van der Waals surface area contributed by atoms with E-state index in [4.69, 9.17) is 9.47 Å². The highest BCUT2D eigenvalue weighted by Crippen LogP contribution is 2.11. The molecule has 0 fully saturated rings. The highest BCUT2D eigenvalue weighted by molar-refractivity contribution is 5.77. The molecule has 0 spiro atoms. The molecule has 5 heteroatoms. The van der Waals surface area contributed by atoms with Crippen LogP contribution in [0.15, 0.2) is 48.5 Å². The van der Waals surface area contributed by atoms with Crippen LogP contribution in [0, 0.1) is 0 Å². The van der Waals surface area contributed by atoms with Crippen LogP contribution < -0.4 is 20.1 Å². The van der Waals surface area contributed by atoms with Gasteiger partial charge in [-0.1, -0.05) is 24.3 Å². The number of benzene rings is 2. The minimum Gasteiger partial charge on any atom is -0.497 e. The lowest BCUT2D eigenvalue weighted by atomic mass is 10.1. The highest BCUT2D eigenvalue weighted by Gasteiger charge is 2.01. The minimum atomic E-state index is -0.00276. The Morgan fingerprint density at radius 1 is 0.875 bits per heavy atom. The van der Waals surface area contributed by atoms with Crippen molar-refractivity contribution in [2.45, 2.75) is 13.0 Å². The molecule has 1 amide bonds. The number of nitrogens with one attached hydrogen (secondary N) is 2. The van der Waals surface area contributed by atoms with E-state index in [0.717, 1.165) is 23.5 Å². The first-order chi connectivity index (χ1) is 11.7. The Kier molecular flexibility index (Phi) is 7.11. The average molecular weight is 328 g/mol. The topological polar surface area (TPSA) is 59.6 Å². The lowest BCUT2D eigenvalue weighted by Crippen LogP contribution is -2.34. The van der Waals surface area contributed by atoms with Crippen molar-refractivity contribution in [3.05, 3.63) is 59.7 Å². The van der Waals surface area contributed by atoms with Gasteiger partial charge in [-0.25, -0.2) is 0 Å². The van der Waals surface area contributed by atoms with Crippen LogP contribution in [0.5, 0.6) is 11.5 Å². The van der Waals surface area contributed by atoms with Crippen molar-refractivity contribution in [2.24, 2.45) is 0 Å². The molecular formula is C19H24N2O3. The molecule has 2 aromatic carbocycles. The van der Waals surface area contributed by atoms with Gasteiger partial charge < -0.3 is 20.1 Å². The summed E-state index contributed by atoms with van der Waals surface area (Å²) in [5.41, 5.74) is 2.28. The Morgan fingerprint density at radius 3 is 1.96 bits per heavy atom. The first-order valence-electron chi connectivity index (χ1n) is 7.94. The fourth-order valence-corrected chi connectivity index (χ4v) is 2.26. The third-order valence-electron chi connectivity index (χ3n) is 3.67. The zero-order chi connectivity index (χ0) is 17.2. The molecule has 0 aromatic heterocycles. The molecule has 5 nitrogen and oxygen atoms in total. The Morgan fingerprint density at radius 2 is 1.42 bits per heavy atom. The maximum absolute atomic E-state index is 11.8. The predicted molar refractivity (Wildman–Crippen MR) is 94.4 cm³/mol. The summed E-state index contributed by atoms with van der Waals surface area (Å²) in [5, 5.41) is 6.04. The molecule has 24 heavy (non-hydrogen) atoms. The summed E-state index contributed by atoms with van der Waals surface area (Å²) >= 11 is 0. The van der Waals surface area contributed by atoms with Crippen LogP contribution >= 0.6 is 0 Å². The highest BCUT2D eigenvalue weighted by atomic mass is 16.5. The SMILES string of the molecule is COc1ccc(CCNC(=O)CNCc2ccc(OC)cc2)cc1. The van der Waals surface area contributed by atoms with Crippen molar-refractivity contribution < 1.29 is 14.3 Å². The van der Waals surface area contributed by atoms with Gasteiger partial charge in [-0.05, 0) is 41.8 Å².